The minimum absolute atomic E-state index is 0.0693. The zero-order chi connectivity index (χ0) is 14.5. The Hall–Kier alpha value is -2.14. The van der Waals surface area contributed by atoms with Crippen molar-refractivity contribution in [2.75, 3.05) is 7.11 Å². The average molecular weight is 279 g/mol. The van der Waals surface area contributed by atoms with E-state index in [1.54, 1.807) is 31.4 Å². The van der Waals surface area contributed by atoms with Crippen LogP contribution in [-0.2, 0) is 13.2 Å². The third-order valence-electron chi connectivity index (χ3n) is 2.84. The Balaban J connectivity index is 2.10. The maximum atomic E-state index is 13.7. The van der Waals surface area contributed by atoms with E-state index in [1.807, 2.05) is 0 Å². The summed E-state index contributed by atoms with van der Waals surface area (Å²) >= 11 is 0. The van der Waals surface area contributed by atoms with Crippen LogP contribution in [-0.4, -0.2) is 7.11 Å². The molecule has 20 heavy (non-hydrogen) atoms. The number of benzene rings is 2. The third-order valence-corrected chi connectivity index (χ3v) is 2.84. The SMILES string of the molecule is COc1ccc(COc2c(F)cc(CN)cc2F)cc1. The molecule has 0 aliphatic heterocycles. The van der Waals surface area contributed by atoms with Gasteiger partial charge in [-0.2, -0.15) is 0 Å². The maximum absolute atomic E-state index is 13.7. The monoisotopic (exact) mass is 279 g/mol. The van der Waals surface area contributed by atoms with E-state index in [4.69, 9.17) is 15.2 Å². The standard InChI is InChI=1S/C15H15F2NO2/c1-19-12-4-2-10(3-5-12)9-20-15-13(16)6-11(8-18)7-14(15)17/h2-7H,8-9,18H2,1H3. The van der Waals surface area contributed by atoms with E-state index < -0.39 is 17.4 Å². The Morgan fingerprint density at radius 1 is 1.00 bits per heavy atom. The van der Waals surface area contributed by atoms with Crippen LogP contribution in [0.5, 0.6) is 11.5 Å². The summed E-state index contributed by atoms with van der Waals surface area (Å²) in [6, 6.07) is 9.39. The predicted molar refractivity (Wildman–Crippen MR) is 71.6 cm³/mol. The molecular weight excluding hydrogens is 264 g/mol. The summed E-state index contributed by atoms with van der Waals surface area (Å²) in [4.78, 5) is 0. The van der Waals surface area contributed by atoms with Gasteiger partial charge in [-0.3, -0.25) is 0 Å². The van der Waals surface area contributed by atoms with E-state index in [1.165, 1.54) is 12.1 Å². The Kier molecular flexibility index (Phi) is 4.53. The molecule has 2 rings (SSSR count). The first-order valence-electron chi connectivity index (χ1n) is 6.07. The van der Waals surface area contributed by atoms with E-state index in [-0.39, 0.29) is 13.2 Å². The van der Waals surface area contributed by atoms with Crippen molar-refractivity contribution in [1.29, 1.82) is 0 Å². The summed E-state index contributed by atoms with van der Waals surface area (Å²) in [5.41, 5.74) is 6.51. The predicted octanol–water partition coefficient (Wildman–Crippen LogP) is 3.01. The molecule has 0 aliphatic carbocycles. The molecule has 0 unspecified atom stereocenters. The van der Waals surface area contributed by atoms with E-state index in [0.717, 1.165) is 5.56 Å². The molecule has 0 saturated carbocycles. The Morgan fingerprint density at radius 2 is 1.60 bits per heavy atom. The van der Waals surface area contributed by atoms with Gasteiger partial charge in [-0.1, -0.05) is 12.1 Å². The minimum atomic E-state index is -0.751. The van der Waals surface area contributed by atoms with Crippen molar-refractivity contribution in [1.82, 2.24) is 0 Å². The lowest BCUT2D eigenvalue weighted by molar-refractivity contribution is 0.273. The lowest BCUT2D eigenvalue weighted by Crippen LogP contribution is -2.03. The summed E-state index contributed by atoms with van der Waals surface area (Å²) < 4.78 is 37.6. The number of rotatable bonds is 5. The van der Waals surface area contributed by atoms with Crippen LogP contribution in [0.2, 0.25) is 0 Å². The van der Waals surface area contributed by atoms with Gasteiger partial charge in [-0.05, 0) is 35.4 Å². The Bertz CT molecular complexity index is 562. The number of halogens is 2. The first kappa shape index (κ1) is 14.3. The van der Waals surface area contributed by atoms with Gasteiger partial charge in [0.1, 0.15) is 12.4 Å². The van der Waals surface area contributed by atoms with Gasteiger partial charge in [0.2, 0.25) is 0 Å². The normalized spacial score (nSPS) is 10.4. The maximum Gasteiger partial charge on any atom is 0.191 e. The van der Waals surface area contributed by atoms with Crippen molar-refractivity contribution in [2.24, 2.45) is 5.73 Å². The minimum Gasteiger partial charge on any atom is -0.497 e. The molecule has 0 atom stereocenters. The van der Waals surface area contributed by atoms with Gasteiger partial charge in [0, 0.05) is 6.54 Å². The van der Waals surface area contributed by atoms with E-state index >= 15 is 0 Å². The van der Waals surface area contributed by atoms with Crippen LogP contribution in [0.1, 0.15) is 11.1 Å². The van der Waals surface area contributed by atoms with Crippen LogP contribution in [0.4, 0.5) is 8.78 Å². The molecule has 0 spiro atoms. The lowest BCUT2D eigenvalue weighted by atomic mass is 10.2. The first-order chi connectivity index (χ1) is 9.63. The van der Waals surface area contributed by atoms with Gasteiger partial charge in [0.15, 0.2) is 17.4 Å². The van der Waals surface area contributed by atoms with Crippen LogP contribution < -0.4 is 15.2 Å². The summed E-state index contributed by atoms with van der Waals surface area (Å²) in [5, 5.41) is 0. The highest BCUT2D eigenvalue weighted by molar-refractivity contribution is 5.32. The fourth-order valence-corrected chi connectivity index (χ4v) is 1.75. The Morgan fingerprint density at radius 3 is 2.10 bits per heavy atom. The molecule has 0 radical (unpaired) electrons. The summed E-state index contributed by atoms with van der Waals surface area (Å²) in [6.07, 6.45) is 0. The van der Waals surface area contributed by atoms with Gasteiger partial charge in [0.05, 0.1) is 7.11 Å². The molecule has 3 nitrogen and oxygen atoms in total. The first-order valence-corrected chi connectivity index (χ1v) is 6.07. The van der Waals surface area contributed by atoms with Crippen LogP contribution in [0, 0.1) is 11.6 Å². The van der Waals surface area contributed by atoms with Crippen molar-refractivity contribution in [3.8, 4) is 11.5 Å². The second-order valence-electron chi connectivity index (χ2n) is 4.23. The smallest absolute Gasteiger partial charge is 0.191 e. The molecule has 0 bridgehead atoms. The van der Waals surface area contributed by atoms with Gasteiger partial charge in [-0.25, -0.2) is 8.78 Å². The van der Waals surface area contributed by atoms with Crippen molar-refractivity contribution in [3.05, 3.63) is 59.2 Å². The number of nitrogens with two attached hydrogens (primary N) is 1. The largest absolute Gasteiger partial charge is 0.497 e. The molecule has 2 aromatic carbocycles. The van der Waals surface area contributed by atoms with Gasteiger partial charge in [0.25, 0.3) is 0 Å². The molecule has 0 aromatic heterocycles. The third kappa shape index (κ3) is 3.24. The molecule has 0 aliphatic rings. The molecule has 106 valence electrons. The van der Waals surface area contributed by atoms with Crippen molar-refractivity contribution < 1.29 is 18.3 Å². The fraction of sp³-hybridized carbons (Fsp3) is 0.200. The summed E-state index contributed by atoms with van der Waals surface area (Å²) in [6.45, 7) is 0.145. The van der Waals surface area contributed by atoms with Crippen LogP contribution in [0.3, 0.4) is 0 Å². The number of hydrogen-bond donors (Lipinski definition) is 1. The number of hydrogen-bond acceptors (Lipinski definition) is 3. The second kappa shape index (κ2) is 6.34. The fourth-order valence-electron chi connectivity index (χ4n) is 1.75. The van der Waals surface area contributed by atoms with Gasteiger partial charge >= 0.3 is 0 Å². The quantitative estimate of drug-likeness (QED) is 0.915. The molecule has 0 saturated heterocycles. The highest BCUT2D eigenvalue weighted by Crippen LogP contribution is 2.24. The van der Waals surface area contributed by atoms with E-state index in [9.17, 15) is 8.78 Å². The van der Waals surface area contributed by atoms with E-state index in [0.29, 0.717) is 11.3 Å². The van der Waals surface area contributed by atoms with Gasteiger partial charge in [-0.15, -0.1) is 0 Å². The molecule has 2 N–H and O–H groups in total. The molecule has 0 amide bonds. The number of ether oxygens (including phenoxy) is 2. The molecular formula is C15H15F2NO2. The highest BCUT2D eigenvalue weighted by atomic mass is 19.1. The molecule has 0 fully saturated rings. The summed E-state index contributed by atoms with van der Waals surface area (Å²) in [7, 11) is 1.56. The summed E-state index contributed by atoms with van der Waals surface area (Å²) in [5.74, 6) is -1.19. The van der Waals surface area contributed by atoms with Crippen molar-refractivity contribution in [2.45, 2.75) is 13.2 Å². The topological polar surface area (TPSA) is 44.5 Å². The Labute approximate surface area is 115 Å². The molecule has 5 heteroatoms. The molecule has 0 heterocycles. The van der Waals surface area contributed by atoms with Crippen LogP contribution in [0.25, 0.3) is 0 Å². The van der Waals surface area contributed by atoms with Crippen molar-refractivity contribution >= 4 is 0 Å². The lowest BCUT2D eigenvalue weighted by Gasteiger charge is -2.10. The highest BCUT2D eigenvalue weighted by Gasteiger charge is 2.12. The van der Waals surface area contributed by atoms with Crippen LogP contribution in [0.15, 0.2) is 36.4 Å². The van der Waals surface area contributed by atoms with Crippen molar-refractivity contribution in [3.63, 3.8) is 0 Å². The zero-order valence-corrected chi connectivity index (χ0v) is 11.0. The van der Waals surface area contributed by atoms with E-state index in [2.05, 4.69) is 0 Å². The average Bonchev–Trinajstić information content (AvgIpc) is 2.46. The number of methoxy groups -OCH3 is 1. The van der Waals surface area contributed by atoms with Crippen LogP contribution >= 0.6 is 0 Å². The zero-order valence-electron chi connectivity index (χ0n) is 11.0. The second-order valence-corrected chi connectivity index (χ2v) is 4.23. The molecule has 2 aromatic rings. The van der Waals surface area contributed by atoms with Gasteiger partial charge < -0.3 is 15.2 Å².